The van der Waals surface area contributed by atoms with Gasteiger partial charge in [0.15, 0.2) is 0 Å². The summed E-state index contributed by atoms with van der Waals surface area (Å²) in [5.41, 5.74) is 1.74. The van der Waals surface area contributed by atoms with Crippen LogP contribution in [0.4, 0.5) is 0 Å². The van der Waals surface area contributed by atoms with E-state index in [-0.39, 0.29) is 24.9 Å². The zero-order valence-corrected chi connectivity index (χ0v) is 9.98. The van der Waals surface area contributed by atoms with Gasteiger partial charge in [-0.3, -0.25) is 4.79 Å². The molecule has 1 aliphatic carbocycles. The number of hydrogen-bond donors (Lipinski definition) is 1. The van der Waals surface area contributed by atoms with E-state index in [1.807, 2.05) is 13.0 Å². The van der Waals surface area contributed by atoms with Gasteiger partial charge in [-0.05, 0) is 25.3 Å². The number of ether oxygens (including phenoxy) is 1. The second kappa shape index (κ2) is 6.21. The summed E-state index contributed by atoms with van der Waals surface area (Å²) in [5.74, 6) is -0.741. The molecule has 0 aliphatic heterocycles. The van der Waals surface area contributed by atoms with E-state index in [0.717, 1.165) is 11.1 Å². The van der Waals surface area contributed by atoms with Gasteiger partial charge < -0.3 is 9.84 Å². The Bertz CT molecular complexity index is 379. The minimum absolute atomic E-state index is 0.113. The number of carbonyl (C=O) groups excluding carboxylic acids is 1. The molecule has 17 heavy (non-hydrogen) atoms. The molecule has 0 amide bonds. The zero-order valence-electron chi connectivity index (χ0n) is 9.98. The summed E-state index contributed by atoms with van der Waals surface area (Å²) in [5, 5.41) is 18.1. The first kappa shape index (κ1) is 13.5. The maximum absolute atomic E-state index is 11.8. The van der Waals surface area contributed by atoms with Crippen LogP contribution < -0.4 is 0 Å². The van der Waals surface area contributed by atoms with Gasteiger partial charge in [0.25, 0.3) is 0 Å². The molecule has 1 aliphatic rings. The Morgan fingerprint density at radius 3 is 3.06 bits per heavy atom. The molecule has 2 atom stereocenters. The predicted molar refractivity (Wildman–Crippen MR) is 62.8 cm³/mol. The molecule has 0 bridgehead atoms. The van der Waals surface area contributed by atoms with Gasteiger partial charge in [0, 0.05) is 0 Å². The molecular weight excluding hydrogens is 218 g/mol. The summed E-state index contributed by atoms with van der Waals surface area (Å²) in [7, 11) is 0. The van der Waals surface area contributed by atoms with Crippen LogP contribution >= 0.6 is 0 Å². The van der Waals surface area contributed by atoms with Crippen LogP contribution in [0.15, 0.2) is 23.8 Å². The van der Waals surface area contributed by atoms with Crippen molar-refractivity contribution in [1.82, 2.24) is 0 Å². The Labute approximate surface area is 101 Å². The highest BCUT2D eigenvalue weighted by atomic mass is 16.5. The molecule has 92 valence electrons. The summed E-state index contributed by atoms with van der Waals surface area (Å²) >= 11 is 0. The van der Waals surface area contributed by atoms with Gasteiger partial charge in [-0.2, -0.15) is 5.26 Å². The van der Waals surface area contributed by atoms with Gasteiger partial charge in [0.2, 0.25) is 0 Å². The Hall–Kier alpha value is -1.60. The van der Waals surface area contributed by atoms with Crippen LogP contribution in [0.1, 0.15) is 26.2 Å². The highest BCUT2D eigenvalue weighted by Gasteiger charge is 2.35. The first-order valence-electron chi connectivity index (χ1n) is 5.63. The second-order valence-corrected chi connectivity index (χ2v) is 4.08. The Balaban J connectivity index is 2.68. The van der Waals surface area contributed by atoms with Crippen molar-refractivity contribution >= 4 is 5.97 Å². The fourth-order valence-corrected chi connectivity index (χ4v) is 2.03. The van der Waals surface area contributed by atoms with E-state index in [9.17, 15) is 9.90 Å². The largest absolute Gasteiger partial charge is 0.464 e. The van der Waals surface area contributed by atoms with E-state index < -0.39 is 6.10 Å². The standard InChI is InChI=1S/C13H17NO3/c1-3-5-10-9(2)12(15)8-11(10)13(16)17-7-4-6-14/h3,11-12,15H,1,4-5,7-8H2,2H3. The van der Waals surface area contributed by atoms with Crippen LogP contribution in [0.2, 0.25) is 0 Å². The first-order chi connectivity index (χ1) is 8.11. The molecule has 0 radical (unpaired) electrons. The maximum Gasteiger partial charge on any atom is 0.313 e. The first-order valence-corrected chi connectivity index (χ1v) is 5.63. The molecule has 0 spiro atoms. The summed E-state index contributed by atoms with van der Waals surface area (Å²) < 4.78 is 5.00. The number of nitriles is 1. The minimum atomic E-state index is -0.571. The van der Waals surface area contributed by atoms with Crippen LogP contribution in [0.25, 0.3) is 0 Å². The smallest absolute Gasteiger partial charge is 0.313 e. The maximum atomic E-state index is 11.8. The number of aliphatic hydroxyl groups excluding tert-OH is 1. The topological polar surface area (TPSA) is 70.3 Å². The van der Waals surface area contributed by atoms with E-state index in [1.165, 1.54) is 0 Å². The lowest BCUT2D eigenvalue weighted by atomic mass is 9.98. The third-order valence-corrected chi connectivity index (χ3v) is 2.99. The van der Waals surface area contributed by atoms with E-state index in [2.05, 4.69) is 6.58 Å². The van der Waals surface area contributed by atoms with Crippen molar-refractivity contribution in [3.8, 4) is 6.07 Å². The Kier molecular flexibility index (Phi) is 4.92. The van der Waals surface area contributed by atoms with Gasteiger partial charge in [-0.15, -0.1) is 6.58 Å². The number of rotatable bonds is 5. The van der Waals surface area contributed by atoms with Crippen molar-refractivity contribution in [2.45, 2.75) is 32.3 Å². The SMILES string of the molecule is C=CCC1=C(C)C(O)CC1C(=O)OCCC#N. The fourth-order valence-electron chi connectivity index (χ4n) is 2.03. The number of hydrogen-bond acceptors (Lipinski definition) is 4. The van der Waals surface area contributed by atoms with Gasteiger partial charge in [-0.1, -0.05) is 11.6 Å². The average molecular weight is 235 g/mol. The van der Waals surface area contributed by atoms with E-state index in [0.29, 0.717) is 12.8 Å². The molecule has 1 rings (SSSR count). The highest BCUT2D eigenvalue weighted by Crippen LogP contribution is 2.35. The van der Waals surface area contributed by atoms with E-state index >= 15 is 0 Å². The average Bonchev–Trinajstić information content (AvgIpc) is 2.58. The molecule has 0 aromatic carbocycles. The van der Waals surface area contributed by atoms with Gasteiger partial charge in [0.05, 0.1) is 24.5 Å². The van der Waals surface area contributed by atoms with Crippen molar-refractivity contribution in [3.63, 3.8) is 0 Å². The fraction of sp³-hybridized carbons (Fsp3) is 0.538. The van der Waals surface area contributed by atoms with Crippen LogP contribution in [-0.2, 0) is 9.53 Å². The number of allylic oxidation sites excluding steroid dienone is 1. The summed E-state index contributed by atoms with van der Waals surface area (Å²) in [6.45, 7) is 5.58. The lowest BCUT2D eigenvalue weighted by molar-refractivity contribution is -0.147. The molecule has 0 fully saturated rings. The van der Waals surface area contributed by atoms with Crippen molar-refractivity contribution in [3.05, 3.63) is 23.8 Å². The van der Waals surface area contributed by atoms with Gasteiger partial charge in [-0.25, -0.2) is 0 Å². The lowest BCUT2D eigenvalue weighted by Gasteiger charge is -2.12. The Morgan fingerprint density at radius 1 is 1.76 bits per heavy atom. The molecule has 4 nitrogen and oxygen atoms in total. The van der Waals surface area contributed by atoms with Crippen LogP contribution in [-0.4, -0.2) is 23.8 Å². The quantitative estimate of drug-likeness (QED) is 0.447. The molecule has 0 saturated carbocycles. The molecular formula is C13H17NO3. The highest BCUT2D eigenvalue weighted by molar-refractivity contribution is 5.77. The van der Waals surface area contributed by atoms with Crippen LogP contribution in [0.3, 0.4) is 0 Å². The number of aliphatic hydroxyl groups is 1. The number of esters is 1. The van der Waals surface area contributed by atoms with E-state index in [4.69, 9.17) is 10.00 Å². The van der Waals surface area contributed by atoms with Crippen molar-refractivity contribution in [1.29, 1.82) is 5.26 Å². The minimum Gasteiger partial charge on any atom is -0.464 e. The lowest BCUT2D eigenvalue weighted by Crippen LogP contribution is -2.19. The van der Waals surface area contributed by atoms with E-state index in [1.54, 1.807) is 6.08 Å². The third-order valence-electron chi connectivity index (χ3n) is 2.99. The number of nitrogens with zero attached hydrogens (tertiary/aromatic N) is 1. The molecule has 0 aromatic rings. The number of carbonyl (C=O) groups is 1. The molecule has 1 N–H and O–H groups in total. The zero-order chi connectivity index (χ0) is 12.8. The molecule has 0 aromatic heterocycles. The summed E-state index contributed by atoms with van der Waals surface area (Å²) in [6.07, 6.45) is 2.30. The predicted octanol–water partition coefficient (Wildman–Crippen LogP) is 1.72. The molecule has 0 heterocycles. The van der Waals surface area contributed by atoms with Crippen molar-refractivity contribution in [2.75, 3.05) is 6.61 Å². The van der Waals surface area contributed by atoms with Crippen LogP contribution in [0.5, 0.6) is 0 Å². The van der Waals surface area contributed by atoms with Crippen LogP contribution in [0, 0.1) is 17.2 Å². The summed E-state index contributed by atoms with van der Waals surface area (Å²) in [6, 6.07) is 1.91. The monoisotopic (exact) mass is 235 g/mol. The van der Waals surface area contributed by atoms with Gasteiger partial charge >= 0.3 is 5.97 Å². The van der Waals surface area contributed by atoms with Crippen molar-refractivity contribution < 1.29 is 14.6 Å². The normalized spacial score (nSPS) is 23.4. The Morgan fingerprint density at radius 2 is 2.47 bits per heavy atom. The molecule has 2 unspecified atom stereocenters. The van der Waals surface area contributed by atoms with Crippen molar-refractivity contribution in [2.24, 2.45) is 5.92 Å². The second-order valence-electron chi connectivity index (χ2n) is 4.08. The third kappa shape index (κ3) is 3.18. The summed E-state index contributed by atoms with van der Waals surface area (Å²) in [4.78, 5) is 11.8. The molecule has 4 heteroatoms. The van der Waals surface area contributed by atoms with Gasteiger partial charge in [0.1, 0.15) is 6.61 Å². The molecule has 0 saturated heterocycles.